The Morgan fingerprint density at radius 3 is 2.09 bits per heavy atom. The summed E-state index contributed by atoms with van der Waals surface area (Å²) in [5.74, 6) is -4.61. The Balaban J connectivity index is 0.000000460. The SMILES string of the molecule is CC(=O)c1ccccc1C1CCN(CC[C@H](CN(C)C(=O)c2cc(C#N)cc3ccccc23)c2ccc(Cl)c(Cl)c2)CC1.O=C(O)CC(O)(CC(=O)O)C(=O)O. The Labute approximate surface area is 334 Å². The molecule has 294 valence electrons. The van der Waals surface area contributed by atoms with Crippen molar-refractivity contribution in [1.29, 1.82) is 5.26 Å². The van der Waals surface area contributed by atoms with Gasteiger partial charge in [0.05, 0.1) is 34.5 Å². The third-order valence-electron chi connectivity index (χ3n) is 9.92. The molecule has 0 unspecified atom stereocenters. The molecule has 1 amide bonds. The van der Waals surface area contributed by atoms with Gasteiger partial charge in [-0.1, -0.05) is 77.8 Å². The third kappa shape index (κ3) is 11.4. The minimum Gasteiger partial charge on any atom is -0.481 e. The van der Waals surface area contributed by atoms with Crippen molar-refractivity contribution in [3.8, 4) is 6.07 Å². The lowest BCUT2D eigenvalue weighted by Gasteiger charge is -2.34. The number of carbonyl (C=O) groups is 5. The summed E-state index contributed by atoms with van der Waals surface area (Å²) in [6.45, 7) is 4.91. The van der Waals surface area contributed by atoms with Crippen molar-refractivity contribution in [1.82, 2.24) is 9.80 Å². The van der Waals surface area contributed by atoms with Gasteiger partial charge in [-0.15, -0.1) is 0 Å². The number of aliphatic hydroxyl groups is 1. The highest BCUT2D eigenvalue weighted by Gasteiger charge is 2.40. The Morgan fingerprint density at radius 1 is 0.875 bits per heavy atom. The number of carboxylic acids is 3. The first-order valence-electron chi connectivity index (χ1n) is 17.9. The van der Waals surface area contributed by atoms with Gasteiger partial charge in [0.25, 0.3) is 5.91 Å². The van der Waals surface area contributed by atoms with Gasteiger partial charge >= 0.3 is 17.9 Å². The Kier molecular flexibility index (Phi) is 15.1. The molecule has 56 heavy (non-hydrogen) atoms. The van der Waals surface area contributed by atoms with E-state index in [0.29, 0.717) is 33.6 Å². The molecule has 1 atom stereocenters. The monoisotopic (exact) mass is 803 g/mol. The first-order chi connectivity index (χ1) is 26.5. The summed E-state index contributed by atoms with van der Waals surface area (Å²) in [4.78, 5) is 60.7. The maximum Gasteiger partial charge on any atom is 0.336 e. The van der Waals surface area contributed by atoms with Crippen molar-refractivity contribution in [2.45, 2.75) is 56.5 Å². The Hall–Kier alpha value is -5.32. The summed E-state index contributed by atoms with van der Waals surface area (Å²) in [7, 11) is 1.82. The number of likely N-dealkylation sites (N-methyl/N-ethyl adjacent to an activating group) is 1. The van der Waals surface area contributed by atoms with Gasteiger partial charge in [-0.25, -0.2) is 4.79 Å². The highest BCUT2D eigenvalue weighted by molar-refractivity contribution is 6.42. The van der Waals surface area contributed by atoms with Gasteiger partial charge in [-0.2, -0.15) is 5.26 Å². The Morgan fingerprint density at radius 2 is 1.50 bits per heavy atom. The zero-order chi connectivity index (χ0) is 41.2. The molecule has 1 heterocycles. The number of hydrogen-bond acceptors (Lipinski definition) is 8. The first-order valence-corrected chi connectivity index (χ1v) is 18.6. The van der Waals surface area contributed by atoms with Gasteiger partial charge in [0.2, 0.25) is 0 Å². The number of aliphatic carboxylic acids is 3. The van der Waals surface area contributed by atoms with Gasteiger partial charge in [-0.3, -0.25) is 19.2 Å². The lowest BCUT2D eigenvalue weighted by atomic mass is 9.85. The maximum atomic E-state index is 13.8. The minimum atomic E-state index is -2.74. The number of carbonyl (C=O) groups excluding carboxylic acids is 2. The average Bonchev–Trinajstić information content (AvgIpc) is 3.16. The van der Waals surface area contributed by atoms with Crippen LogP contribution in [0.4, 0.5) is 0 Å². The quantitative estimate of drug-likeness (QED) is 0.0950. The van der Waals surface area contributed by atoms with Crippen molar-refractivity contribution in [3.05, 3.63) is 117 Å². The molecule has 0 saturated carbocycles. The van der Waals surface area contributed by atoms with E-state index in [1.807, 2.05) is 73.8 Å². The number of hydrogen-bond donors (Lipinski definition) is 4. The molecule has 0 aromatic heterocycles. The number of Topliss-reactive ketones (excluding diaryl/α,β-unsaturated/α-hetero) is 1. The largest absolute Gasteiger partial charge is 0.481 e. The molecule has 0 spiro atoms. The van der Waals surface area contributed by atoms with E-state index in [9.17, 15) is 29.2 Å². The van der Waals surface area contributed by atoms with Crippen LogP contribution in [0.1, 0.15) is 88.3 Å². The molecule has 0 radical (unpaired) electrons. The lowest BCUT2D eigenvalue weighted by molar-refractivity contribution is -0.170. The maximum absolute atomic E-state index is 13.8. The number of fused-ring (bicyclic) bond motifs is 1. The number of nitrogens with zero attached hydrogens (tertiary/aromatic N) is 3. The van der Waals surface area contributed by atoms with Gasteiger partial charge in [0.15, 0.2) is 11.4 Å². The molecule has 12 nitrogen and oxygen atoms in total. The van der Waals surface area contributed by atoms with E-state index in [2.05, 4.69) is 17.0 Å². The lowest BCUT2D eigenvalue weighted by Crippen LogP contribution is -2.42. The van der Waals surface area contributed by atoms with E-state index in [4.69, 9.17) is 43.6 Å². The van der Waals surface area contributed by atoms with E-state index in [1.54, 1.807) is 17.9 Å². The molecule has 1 saturated heterocycles. The van der Waals surface area contributed by atoms with E-state index in [-0.39, 0.29) is 17.6 Å². The van der Waals surface area contributed by atoms with Crippen molar-refractivity contribution >= 4 is 63.6 Å². The molecule has 4 N–H and O–H groups in total. The highest BCUT2D eigenvalue weighted by Crippen LogP contribution is 2.33. The fourth-order valence-corrected chi connectivity index (χ4v) is 7.30. The van der Waals surface area contributed by atoms with Crippen LogP contribution >= 0.6 is 23.2 Å². The van der Waals surface area contributed by atoms with Crippen LogP contribution in [0.2, 0.25) is 10.0 Å². The van der Waals surface area contributed by atoms with Crippen LogP contribution in [0.5, 0.6) is 0 Å². The molecule has 4 aromatic carbocycles. The van der Waals surface area contributed by atoms with Crippen LogP contribution in [0, 0.1) is 11.3 Å². The zero-order valence-corrected chi connectivity index (χ0v) is 32.5. The van der Waals surface area contributed by atoms with Crippen LogP contribution in [0.3, 0.4) is 0 Å². The van der Waals surface area contributed by atoms with Gasteiger partial charge in [0.1, 0.15) is 0 Å². The number of nitriles is 1. The summed E-state index contributed by atoms with van der Waals surface area (Å²) >= 11 is 12.7. The third-order valence-corrected chi connectivity index (χ3v) is 10.7. The molecule has 1 fully saturated rings. The number of amides is 1. The highest BCUT2D eigenvalue weighted by atomic mass is 35.5. The van der Waals surface area contributed by atoms with Crippen LogP contribution in [0.25, 0.3) is 10.8 Å². The van der Waals surface area contributed by atoms with Crippen molar-refractivity contribution in [2.75, 3.05) is 33.2 Å². The van der Waals surface area contributed by atoms with Crippen LogP contribution in [-0.4, -0.2) is 98.7 Å². The summed E-state index contributed by atoms with van der Waals surface area (Å²) in [5, 5.41) is 46.1. The molecule has 14 heteroatoms. The van der Waals surface area contributed by atoms with Crippen LogP contribution in [-0.2, 0) is 14.4 Å². The molecule has 1 aliphatic heterocycles. The topological polar surface area (TPSA) is 197 Å². The predicted molar refractivity (Wildman–Crippen MR) is 211 cm³/mol. The van der Waals surface area contributed by atoms with Crippen LogP contribution in [0.15, 0.2) is 78.9 Å². The van der Waals surface area contributed by atoms with Crippen molar-refractivity contribution in [3.63, 3.8) is 0 Å². The second kappa shape index (κ2) is 19.5. The Bertz CT molecular complexity index is 2130. The second-order valence-electron chi connectivity index (χ2n) is 13.9. The van der Waals surface area contributed by atoms with Crippen molar-refractivity contribution < 1.29 is 44.4 Å². The number of ketones is 1. The van der Waals surface area contributed by atoms with Gasteiger partial charge < -0.3 is 30.2 Å². The average molecular weight is 805 g/mol. The molecule has 5 rings (SSSR count). The number of benzene rings is 4. The molecule has 4 aromatic rings. The van der Waals surface area contributed by atoms with Gasteiger partial charge in [0, 0.05) is 30.6 Å². The van der Waals surface area contributed by atoms with Crippen molar-refractivity contribution in [2.24, 2.45) is 0 Å². The van der Waals surface area contributed by atoms with E-state index in [1.165, 1.54) is 0 Å². The number of carboxylic acid groups (broad SMARTS) is 3. The molecule has 1 aliphatic rings. The smallest absolute Gasteiger partial charge is 0.336 e. The number of piperidine rings is 1. The first kappa shape index (κ1) is 43.4. The van der Waals surface area contributed by atoms with E-state index in [0.717, 1.165) is 66.4 Å². The molecule has 0 aliphatic carbocycles. The fraction of sp³-hybridized carbons (Fsp3) is 0.333. The van der Waals surface area contributed by atoms with E-state index < -0.39 is 36.4 Å². The molecular weight excluding hydrogens is 761 g/mol. The van der Waals surface area contributed by atoms with Crippen LogP contribution < -0.4 is 0 Å². The number of likely N-dealkylation sites (tertiary alicyclic amines) is 1. The normalized spacial score (nSPS) is 13.9. The number of rotatable bonds is 14. The molecule has 0 bridgehead atoms. The summed E-state index contributed by atoms with van der Waals surface area (Å²) in [5.41, 5.74) is 1.29. The zero-order valence-electron chi connectivity index (χ0n) is 31.0. The second-order valence-corrected chi connectivity index (χ2v) is 14.8. The predicted octanol–water partition coefficient (Wildman–Crippen LogP) is 7.10. The van der Waals surface area contributed by atoms with E-state index >= 15 is 0 Å². The summed E-state index contributed by atoms with van der Waals surface area (Å²) in [6, 6.07) is 27.1. The summed E-state index contributed by atoms with van der Waals surface area (Å²) < 4.78 is 0. The van der Waals surface area contributed by atoms with Gasteiger partial charge in [-0.05, 0) is 97.9 Å². The fourth-order valence-electron chi connectivity index (χ4n) is 6.99. The number of halogens is 2. The minimum absolute atomic E-state index is 0.0327. The molecular formula is C42H43Cl2N3O9. The summed E-state index contributed by atoms with van der Waals surface area (Å²) in [6.07, 6.45) is 0.553. The standard InChI is InChI=1S/C36H35Cl2N3O2.C6H8O7/c1-24(42)30-8-5-6-9-31(30)26-13-16-41(17-14-26)18-15-29(27-11-12-34(37)35(38)21-27)23-40(2)36(43)33-20-25(22-39)19-28-7-3-4-10-32(28)33;7-3(8)1-6(13,5(11)12)2-4(9)10/h3-12,19-21,26,29H,13-18,23H2,1-2H3;13H,1-2H2,(H,7,8)(H,9,10)(H,11,12)/t29-;/m1./s1.